The first-order valence-electron chi connectivity index (χ1n) is 10.5. The van der Waals surface area contributed by atoms with E-state index in [0.717, 1.165) is 34.6 Å². The van der Waals surface area contributed by atoms with Crippen LogP contribution in [0.15, 0.2) is 61.1 Å². The molecule has 1 aromatic carbocycles. The second kappa shape index (κ2) is 9.08. The van der Waals surface area contributed by atoms with Gasteiger partial charge in [0.15, 0.2) is 0 Å². The molecule has 0 atom stereocenters. The van der Waals surface area contributed by atoms with Gasteiger partial charge in [0.1, 0.15) is 0 Å². The molecule has 0 saturated heterocycles. The van der Waals surface area contributed by atoms with Gasteiger partial charge in [-0.15, -0.1) is 0 Å². The summed E-state index contributed by atoms with van der Waals surface area (Å²) in [5, 5.41) is 2.88. The van der Waals surface area contributed by atoms with Gasteiger partial charge in [-0.1, -0.05) is 12.1 Å². The summed E-state index contributed by atoms with van der Waals surface area (Å²) in [6, 6.07) is 13.4. The topological polar surface area (TPSA) is 75.2 Å². The lowest BCUT2D eigenvalue weighted by atomic mass is 10.0. The lowest BCUT2D eigenvalue weighted by Gasteiger charge is -2.23. The Bertz CT molecular complexity index is 1080. The molecule has 1 aliphatic rings. The van der Waals surface area contributed by atoms with Crippen LogP contribution in [0.4, 0.5) is 5.69 Å². The number of carbonyl (C=O) groups excluding carboxylic acids is 2. The van der Waals surface area contributed by atoms with Gasteiger partial charge in [0.05, 0.1) is 11.3 Å². The van der Waals surface area contributed by atoms with Crippen LogP contribution in [0, 0.1) is 12.8 Å². The zero-order valence-electron chi connectivity index (χ0n) is 17.8. The number of benzene rings is 1. The van der Waals surface area contributed by atoms with E-state index in [4.69, 9.17) is 0 Å². The van der Waals surface area contributed by atoms with Crippen LogP contribution in [0.25, 0.3) is 11.3 Å². The van der Waals surface area contributed by atoms with Crippen molar-refractivity contribution in [2.75, 3.05) is 11.4 Å². The highest BCUT2D eigenvalue weighted by Gasteiger charge is 2.27. The Balaban J connectivity index is 1.45. The van der Waals surface area contributed by atoms with Gasteiger partial charge in [0.25, 0.3) is 5.91 Å². The predicted molar refractivity (Wildman–Crippen MR) is 121 cm³/mol. The van der Waals surface area contributed by atoms with Gasteiger partial charge >= 0.3 is 0 Å². The number of hydrogen-bond acceptors (Lipinski definition) is 4. The van der Waals surface area contributed by atoms with Crippen molar-refractivity contribution in [2.45, 2.75) is 33.2 Å². The van der Waals surface area contributed by atoms with Gasteiger partial charge < -0.3 is 10.2 Å². The number of nitrogens with one attached hydrogen (secondary N) is 1. The molecule has 0 aliphatic heterocycles. The first-order valence-corrected chi connectivity index (χ1v) is 10.5. The highest BCUT2D eigenvalue weighted by molar-refractivity contribution is 5.94. The van der Waals surface area contributed by atoms with Gasteiger partial charge in [0, 0.05) is 49.9 Å². The van der Waals surface area contributed by atoms with Gasteiger partial charge in [-0.2, -0.15) is 0 Å². The fraction of sp³-hybridized carbons (Fsp3) is 0.280. The van der Waals surface area contributed by atoms with E-state index in [1.807, 2.05) is 48.2 Å². The van der Waals surface area contributed by atoms with Crippen LogP contribution < -0.4 is 10.2 Å². The molecule has 2 heterocycles. The van der Waals surface area contributed by atoms with Crippen molar-refractivity contribution >= 4 is 17.5 Å². The van der Waals surface area contributed by atoms with Crippen molar-refractivity contribution in [3.8, 4) is 11.3 Å². The fourth-order valence-electron chi connectivity index (χ4n) is 3.56. The maximum absolute atomic E-state index is 12.4. The van der Waals surface area contributed by atoms with Crippen molar-refractivity contribution in [1.82, 2.24) is 15.3 Å². The largest absolute Gasteiger partial charge is 0.348 e. The molecule has 1 fully saturated rings. The third-order valence-electron chi connectivity index (χ3n) is 5.50. The molecule has 0 spiro atoms. The smallest absolute Gasteiger partial charge is 0.253 e. The van der Waals surface area contributed by atoms with E-state index in [9.17, 15) is 9.59 Å². The zero-order chi connectivity index (χ0) is 21.8. The summed E-state index contributed by atoms with van der Waals surface area (Å²) in [5.74, 6) is 0.524. The molecule has 4 rings (SSSR count). The molecule has 1 aliphatic carbocycles. The number of nitrogens with zero attached hydrogens (tertiary/aromatic N) is 3. The van der Waals surface area contributed by atoms with Crippen LogP contribution in [0.5, 0.6) is 0 Å². The molecule has 6 heteroatoms. The van der Waals surface area contributed by atoms with Crippen LogP contribution in [0.3, 0.4) is 0 Å². The highest BCUT2D eigenvalue weighted by Crippen LogP contribution is 2.33. The van der Waals surface area contributed by atoms with Crippen LogP contribution in [0.2, 0.25) is 0 Å². The zero-order valence-corrected chi connectivity index (χ0v) is 17.8. The van der Waals surface area contributed by atoms with E-state index in [0.29, 0.717) is 18.0 Å². The summed E-state index contributed by atoms with van der Waals surface area (Å²) in [4.78, 5) is 34.9. The summed E-state index contributed by atoms with van der Waals surface area (Å²) in [6.07, 6.45) is 7.42. The lowest BCUT2D eigenvalue weighted by molar-refractivity contribution is -0.116. The van der Waals surface area contributed by atoms with E-state index in [2.05, 4.69) is 15.3 Å². The monoisotopic (exact) mass is 414 g/mol. The molecular formula is C25H26N4O2. The van der Waals surface area contributed by atoms with E-state index >= 15 is 0 Å². The first-order chi connectivity index (χ1) is 15.0. The van der Waals surface area contributed by atoms with E-state index in [-0.39, 0.29) is 11.8 Å². The average molecular weight is 415 g/mol. The minimum atomic E-state index is -0.174. The second-order valence-corrected chi connectivity index (χ2v) is 8.05. The molecule has 0 bridgehead atoms. The summed E-state index contributed by atoms with van der Waals surface area (Å²) in [7, 11) is 0. The maximum Gasteiger partial charge on any atom is 0.253 e. The second-order valence-electron chi connectivity index (χ2n) is 8.05. The van der Waals surface area contributed by atoms with Gasteiger partial charge in [-0.25, -0.2) is 0 Å². The molecule has 1 saturated carbocycles. The summed E-state index contributed by atoms with van der Waals surface area (Å²) in [5.41, 5.74) is 5.18. The number of pyridine rings is 2. The van der Waals surface area contributed by atoms with Crippen molar-refractivity contribution in [2.24, 2.45) is 5.92 Å². The summed E-state index contributed by atoms with van der Waals surface area (Å²) >= 11 is 0. The predicted octanol–water partition coefficient (Wildman–Crippen LogP) is 4.14. The van der Waals surface area contributed by atoms with Gasteiger partial charge in [0.2, 0.25) is 5.91 Å². The Kier molecular flexibility index (Phi) is 6.07. The standard InChI is InChI=1S/C25H26N4O2/c1-17-12-21(8-10-24(17)29(18(2)30)16-19-5-6-19)23-9-7-22(15-27-23)25(31)28-14-20-4-3-11-26-13-20/h3-4,7-13,15,19H,5-6,14,16H2,1-2H3,(H,28,31). The van der Waals surface area contributed by atoms with Crippen LogP contribution in [-0.4, -0.2) is 28.3 Å². The number of anilines is 1. The molecule has 2 aromatic heterocycles. The molecule has 1 N–H and O–H groups in total. The quantitative estimate of drug-likeness (QED) is 0.630. The number of amides is 2. The average Bonchev–Trinajstić information content (AvgIpc) is 3.61. The molecular weight excluding hydrogens is 388 g/mol. The molecule has 0 radical (unpaired) electrons. The Labute approximate surface area is 182 Å². The first kappa shape index (κ1) is 20.7. The third kappa shape index (κ3) is 5.15. The van der Waals surface area contributed by atoms with Gasteiger partial charge in [-0.05, 0) is 67.1 Å². The SMILES string of the molecule is CC(=O)N(CC1CC1)c1ccc(-c2ccc(C(=O)NCc3cccnc3)cn2)cc1C. The lowest BCUT2D eigenvalue weighted by Crippen LogP contribution is -2.31. The van der Waals surface area contributed by atoms with E-state index in [1.165, 1.54) is 12.8 Å². The molecule has 3 aromatic rings. The highest BCUT2D eigenvalue weighted by atomic mass is 16.2. The van der Waals surface area contributed by atoms with Crippen LogP contribution in [0.1, 0.15) is 41.3 Å². The minimum absolute atomic E-state index is 0.0718. The number of carbonyl (C=O) groups is 2. The minimum Gasteiger partial charge on any atom is -0.348 e. The molecule has 31 heavy (non-hydrogen) atoms. The number of aromatic nitrogens is 2. The fourth-order valence-corrected chi connectivity index (χ4v) is 3.56. The van der Waals surface area contributed by atoms with E-state index < -0.39 is 0 Å². The summed E-state index contributed by atoms with van der Waals surface area (Å²) < 4.78 is 0. The molecule has 0 unspecified atom stereocenters. The number of rotatable bonds is 7. The Morgan fingerprint density at radius 1 is 1.13 bits per heavy atom. The molecule has 158 valence electrons. The molecule has 6 nitrogen and oxygen atoms in total. The Morgan fingerprint density at radius 2 is 1.97 bits per heavy atom. The van der Waals surface area contributed by atoms with E-state index in [1.54, 1.807) is 31.6 Å². The van der Waals surface area contributed by atoms with Crippen molar-refractivity contribution in [3.05, 3.63) is 77.7 Å². The van der Waals surface area contributed by atoms with Crippen LogP contribution >= 0.6 is 0 Å². The number of aryl methyl sites for hydroxylation is 1. The normalized spacial score (nSPS) is 13.0. The van der Waals surface area contributed by atoms with Crippen molar-refractivity contribution < 1.29 is 9.59 Å². The Hall–Kier alpha value is -3.54. The Morgan fingerprint density at radius 3 is 2.58 bits per heavy atom. The van der Waals surface area contributed by atoms with Gasteiger partial charge in [-0.3, -0.25) is 19.6 Å². The third-order valence-corrected chi connectivity index (χ3v) is 5.50. The number of hydrogen-bond donors (Lipinski definition) is 1. The van der Waals surface area contributed by atoms with Crippen molar-refractivity contribution in [1.29, 1.82) is 0 Å². The maximum atomic E-state index is 12.4. The van der Waals surface area contributed by atoms with Crippen LogP contribution in [-0.2, 0) is 11.3 Å². The summed E-state index contributed by atoms with van der Waals surface area (Å²) in [6.45, 7) is 4.84. The van der Waals surface area contributed by atoms with Crippen molar-refractivity contribution in [3.63, 3.8) is 0 Å². The molecule has 2 amide bonds.